The fourth-order valence-corrected chi connectivity index (χ4v) is 2.69. The molecule has 1 aromatic carbocycles. The van der Waals surface area contributed by atoms with E-state index in [9.17, 15) is 0 Å². The Labute approximate surface area is 115 Å². The van der Waals surface area contributed by atoms with Gasteiger partial charge in [0.15, 0.2) is 0 Å². The van der Waals surface area contributed by atoms with Gasteiger partial charge in [-0.15, -0.1) is 0 Å². The minimum atomic E-state index is 0.352. The number of rotatable bonds is 5. The van der Waals surface area contributed by atoms with Gasteiger partial charge in [0.1, 0.15) is 0 Å². The average molecular weight is 264 g/mol. The van der Waals surface area contributed by atoms with E-state index in [-0.39, 0.29) is 0 Å². The fourth-order valence-electron chi connectivity index (χ4n) is 2.50. The van der Waals surface area contributed by atoms with E-state index in [0.29, 0.717) is 6.04 Å². The Morgan fingerprint density at radius 3 is 2.83 bits per heavy atom. The van der Waals surface area contributed by atoms with Gasteiger partial charge < -0.3 is 5.32 Å². The van der Waals surface area contributed by atoms with Gasteiger partial charge in [0.25, 0.3) is 0 Å². The number of hydrogen-bond acceptors (Lipinski definition) is 1. The highest BCUT2D eigenvalue weighted by atomic mass is 35.5. The summed E-state index contributed by atoms with van der Waals surface area (Å²) >= 11 is 6.25. The van der Waals surface area contributed by atoms with Crippen molar-refractivity contribution in [1.82, 2.24) is 5.32 Å². The van der Waals surface area contributed by atoms with Crippen molar-refractivity contribution in [3.8, 4) is 0 Å². The second kappa shape index (κ2) is 6.40. The first-order valence-electron chi connectivity index (χ1n) is 6.90. The lowest BCUT2D eigenvalue weighted by molar-refractivity contribution is 0.578. The van der Waals surface area contributed by atoms with Crippen molar-refractivity contribution in [2.75, 3.05) is 6.54 Å². The van der Waals surface area contributed by atoms with Gasteiger partial charge in [0, 0.05) is 5.02 Å². The molecule has 1 aliphatic rings. The number of hydrogen-bond donors (Lipinski definition) is 1. The van der Waals surface area contributed by atoms with Crippen molar-refractivity contribution in [3.63, 3.8) is 0 Å². The molecule has 0 spiro atoms. The second-order valence-electron chi connectivity index (χ2n) is 5.07. The van der Waals surface area contributed by atoms with E-state index in [1.807, 2.05) is 0 Å². The number of aryl methyl sites for hydroxylation is 1. The summed E-state index contributed by atoms with van der Waals surface area (Å²) in [5, 5.41) is 4.52. The molecular formula is C16H22ClN. The summed E-state index contributed by atoms with van der Waals surface area (Å²) in [5.74, 6) is 0. The first-order chi connectivity index (χ1) is 8.72. The van der Waals surface area contributed by atoms with Gasteiger partial charge in [-0.3, -0.25) is 0 Å². The Bertz CT molecular complexity index is 437. The molecule has 0 saturated heterocycles. The van der Waals surface area contributed by atoms with Crippen molar-refractivity contribution in [2.45, 2.75) is 45.6 Å². The molecule has 18 heavy (non-hydrogen) atoms. The number of allylic oxidation sites excluding steroid dienone is 1. The van der Waals surface area contributed by atoms with Crippen LogP contribution in [0.1, 0.15) is 49.8 Å². The van der Waals surface area contributed by atoms with Gasteiger partial charge in [-0.1, -0.05) is 42.3 Å². The van der Waals surface area contributed by atoms with E-state index in [4.69, 9.17) is 11.6 Å². The monoisotopic (exact) mass is 263 g/mol. The maximum absolute atomic E-state index is 6.25. The van der Waals surface area contributed by atoms with Crippen LogP contribution in [0.25, 0.3) is 0 Å². The lowest BCUT2D eigenvalue weighted by Crippen LogP contribution is -2.23. The third kappa shape index (κ3) is 3.15. The van der Waals surface area contributed by atoms with Crippen LogP contribution < -0.4 is 5.32 Å². The van der Waals surface area contributed by atoms with Crippen LogP contribution in [0.15, 0.2) is 29.8 Å². The molecule has 2 rings (SSSR count). The van der Waals surface area contributed by atoms with Gasteiger partial charge in [-0.2, -0.15) is 0 Å². The molecule has 0 heterocycles. The number of nitrogens with one attached hydrogen (secondary N) is 1. The fraction of sp³-hybridized carbons (Fsp3) is 0.500. The molecule has 1 nitrogen and oxygen atoms in total. The van der Waals surface area contributed by atoms with Crippen LogP contribution in [-0.2, 0) is 0 Å². The topological polar surface area (TPSA) is 12.0 Å². The smallest absolute Gasteiger partial charge is 0.0536 e. The van der Waals surface area contributed by atoms with Crippen LogP contribution in [-0.4, -0.2) is 6.54 Å². The van der Waals surface area contributed by atoms with E-state index in [1.165, 1.54) is 30.4 Å². The molecule has 0 bridgehead atoms. The molecule has 0 amide bonds. The second-order valence-corrected chi connectivity index (χ2v) is 5.47. The van der Waals surface area contributed by atoms with Crippen molar-refractivity contribution in [2.24, 2.45) is 0 Å². The lowest BCUT2D eigenvalue weighted by Gasteiger charge is -2.21. The zero-order valence-corrected chi connectivity index (χ0v) is 12.1. The summed E-state index contributed by atoms with van der Waals surface area (Å²) < 4.78 is 0. The van der Waals surface area contributed by atoms with Gasteiger partial charge in [-0.05, 0) is 56.3 Å². The third-order valence-electron chi connectivity index (χ3n) is 3.57. The molecule has 2 heteroatoms. The van der Waals surface area contributed by atoms with Crippen LogP contribution in [0.5, 0.6) is 0 Å². The molecule has 1 aromatic rings. The predicted octanol–water partition coefficient (Wildman–Crippen LogP) is 4.80. The molecule has 1 atom stereocenters. The summed E-state index contributed by atoms with van der Waals surface area (Å²) in [6.45, 7) is 5.30. The van der Waals surface area contributed by atoms with E-state index in [1.54, 1.807) is 0 Å². The molecule has 0 fully saturated rings. The number of halogens is 1. The Morgan fingerprint density at radius 2 is 2.22 bits per heavy atom. The van der Waals surface area contributed by atoms with Gasteiger partial charge in [0.2, 0.25) is 0 Å². The Hall–Kier alpha value is -0.790. The van der Waals surface area contributed by atoms with Crippen molar-refractivity contribution < 1.29 is 0 Å². The lowest BCUT2D eigenvalue weighted by atomic mass is 9.97. The maximum atomic E-state index is 6.25. The molecule has 0 saturated carbocycles. The van der Waals surface area contributed by atoms with Gasteiger partial charge >= 0.3 is 0 Å². The summed E-state index contributed by atoms with van der Waals surface area (Å²) in [6, 6.07) is 6.79. The van der Waals surface area contributed by atoms with Crippen molar-refractivity contribution in [1.29, 1.82) is 0 Å². The molecular weight excluding hydrogens is 242 g/mol. The maximum Gasteiger partial charge on any atom is 0.0536 e. The highest BCUT2D eigenvalue weighted by Gasteiger charge is 2.18. The SMILES string of the molecule is CCCNC(C1=CCCC1)c1ccc(C)c(Cl)c1. The Kier molecular flexibility index (Phi) is 4.85. The molecule has 1 N–H and O–H groups in total. The van der Waals surface area contributed by atoms with E-state index in [2.05, 4.69) is 43.4 Å². The normalized spacial score (nSPS) is 16.7. The molecule has 98 valence electrons. The molecule has 0 radical (unpaired) electrons. The molecule has 1 unspecified atom stereocenters. The minimum Gasteiger partial charge on any atom is -0.307 e. The number of benzene rings is 1. The molecule has 0 aliphatic heterocycles. The average Bonchev–Trinajstić information content (AvgIpc) is 2.88. The van der Waals surface area contributed by atoms with Crippen LogP contribution >= 0.6 is 11.6 Å². The first kappa shape index (κ1) is 13.6. The zero-order chi connectivity index (χ0) is 13.0. The van der Waals surface area contributed by atoms with Crippen LogP contribution in [0.4, 0.5) is 0 Å². The largest absolute Gasteiger partial charge is 0.307 e. The minimum absolute atomic E-state index is 0.352. The van der Waals surface area contributed by atoms with Crippen LogP contribution in [0.2, 0.25) is 5.02 Å². The highest BCUT2D eigenvalue weighted by Crippen LogP contribution is 2.32. The van der Waals surface area contributed by atoms with Gasteiger partial charge in [-0.25, -0.2) is 0 Å². The summed E-state index contributed by atoms with van der Waals surface area (Å²) in [7, 11) is 0. The Morgan fingerprint density at radius 1 is 1.39 bits per heavy atom. The summed E-state index contributed by atoms with van der Waals surface area (Å²) in [5.41, 5.74) is 3.98. The first-order valence-corrected chi connectivity index (χ1v) is 7.28. The zero-order valence-electron chi connectivity index (χ0n) is 11.3. The molecule has 0 aromatic heterocycles. The third-order valence-corrected chi connectivity index (χ3v) is 3.98. The van der Waals surface area contributed by atoms with Crippen molar-refractivity contribution >= 4 is 11.6 Å². The molecule has 1 aliphatic carbocycles. The summed E-state index contributed by atoms with van der Waals surface area (Å²) in [6.07, 6.45) is 7.27. The van der Waals surface area contributed by atoms with E-state index in [0.717, 1.165) is 23.6 Å². The Balaban J connectivity index is 2.23. The van der Waals surface area contributed by atoms with Crippen LogP contribution in [0, 0.1) is 6.92 Å². The highest BCUT2D eigenvalue weighted by molar-refractivity contribution is 6.31. The van der Waals surface area contributed by atoms with Crippen LogP contribution in [0.3, 0.4) is 0 Å². The van der Waals surface area contributed by atoms with Gasteiger partial charge in [0.05, 0.1) is 6.04 Å². The van der Waals surface area contributed by atoms with Crippen molar-refractivity contribution in [3.05, 3.63) is 46.0 Å². The quantitative estimate of drug-likeness (QED) is 0.753. The predicted molar refractivity (Wildman–Crippen MR) is 79.2 cm³/mol. The standard InChI is InChI=1S/C16H22ClN/c1-3-10-18-16(13-6-4-5-7-13)14-9-8-12(2)15(17)11-14/h6,8-9,11,16,18H,3-5,7,10H2,1-2H3. The summed E-state index contributed by atoms with van der Waals surface area (Å²) in [4.78, 5) is 0. The van der Waals surface area contributed by atoms with E-state index < -0.39 is 0 Å². The van der Waals surface area contributed by atoms with E-state index >= 15 is 0 Å².